The zero-order valence-electron chi connectivity index (χ0n) is 13.7. The van der Waals surface area contributed by atoms with Gasteiger partial charge in [0, 0.05) is 24.9 Å². The molecule has 0 saturated carbocycles. The SMILES string of the molecule is Cc1cc(C)n2nc(C(=O)N3CCC[C@H]3c3noc(C)n3)nc2n1. The molecule has 1 saturated heterocycles. The topological polar surface area (TPSA) is 102 Å². The fourth-order valence-corrected chi connectivity index (χ4v) is 3.11. The summed E-state index contributed by atoms with van der Waals surface area (Å²) in [6.07, 6.45) is 1.68. The number of carbonyl (C=O) groups excluding carboxylic acids is 1. The number of carbonyl (C=O) groups is 1. The summed E-state index contributed by atoms with van der Waals surface area (Å²) >= 11 is 0. The van der Waals surface area contributed by atoms with Crippen LogP contribution in [0.3, 0.4) is 0 Å². The maximum Gasteiger partial charge on any atom is 0.294 e. The van der Waals surface area contributed by atoms with Crippen molar-refractivity contribution in [2.75, 3.05) is 6.54 Å². The van der Waals surface area contributed by atoms with Crippen LogP contribution < -0.4 is 0 Å². The Bertz CT molecular complexity index is 929. The highest BCUT2D eigenvalue weighted by Gasteiger charge is 2.35. The molecule has 0 spiro atoms. The summed E-state index contributed by atoms with van der Waals surface area (Å²) in [6, 6.07) is 1.70. The van der Waals surface area contributed by atoms with Gasteiger partial charge in [0.1, 0.15) is 0 Å². The van der Waals surface area contributed by atoms with Crippen molar-refractivity contribution in [3.8, 4) is 0 Å². The number of fused-ring (bicyclic) bond motifs is 1. The minimum absolute atomic E-state index is 0.142. The zero-order valence-corrected chi connectivity index (χ0v) is 13.7. The maximum atomic E-state index is 12.9. The summed E-state index contributed by atoms with van der Waals surface area (Å²) in [4.78, 5) is 27.5. The molecule has 9 heteroatoms. The van der Waals surface area contributed by atoms with E-state index >= 15 is 0 Å². The van der Waals surface area contributed by atoms with Gasteiger partial charge in [0.25, 0.3) is 11.7 Å². The van der Waals surface area contributed by atoms with E-state index in [1.165, 1.54) is 0 Å². The summed E-state index contributed by atoms with van der Waals surface area (Å²) in [5.74, 6) is 1.37. The molecular weight excluding hydrogens is 310 g/mol. The van der Waals surface area contributed by atoms with Crippen LogP contribution in [0.2, 0.25) is 0 Å². The number of nitrogens with zero attached hydrogens (tertiary/aromatic N) is 7. The van der Waals surface area contributed by atoms with Crippen molar-refractivity contribution in [1.82, 2.24) is 34.6 Å². The van der Waals surface area contributed by atoms with Gasteiger partial charge in [-0.05, 0) is 32.8 Å². The standard InChI is InChI=1S/C15H17N7O2/c1-8-7-9(2)22-15(16-8)18-13(19-22)14(23)21-6-4-5-11(21)12-17-10(3)24-20-12/h7,11H,4-6H2,1-3H3/t11-/m0/s1. The fourth-order valence-electron chi connectivity index (χ4n) is 3.11. The van der Waals surface area contributed by atoms with Gasteiger partial charge in [-0.15, -0.1) is 5.10 Å². The molecule has 0 radical (unpaired) electrons. The van der Waals surface area contributed by atoms with Crippen LogP contribution in [-0.4, -0.2) is 47.1 Å². The van der Waals surface area contributed by atoms with Gasteiger partial charge >= 0.3 is 0 Å². The third-order valence-corrected chi connectivity index (χ3v) is 4.16. The molecule has 0 bridgehead atoms. The molecule has 124 valence electrons. The molecule has 1 aliphatic heterocycles. The summed E-state index contributed by atoms with van der Waals surface area (Å²) in [7, 11) is 0. The Hall–Kier alpha value is -2.84. The van der Waals surface area contributed by atoms with Gasteiger partial charge in [0.2, 0.25) is 11.7 Å². The van der Waals surface area contributed by atoms with Crippen LogP contribution in [0.15, 0.2) is 10.6 Å². The van der Waals surface area contributed by atoms with Crippen molar-refractivity contribution < 1.29 is 9.32 Å². The smallest absolute Gasteiger partial charge is 0.294 e. The van der Waals surface area contributed by atoms with E-state index in [9.17, 15) is 4.79 Å². The third-order valence-electron chi connectivity index (χ3n) is 4.16. The molecule has 1 amide bonds. The molecule has 4 rings (SSSR count). The van der Waals surface area contributed by atoms with Gasteiger partial charge in [-0.2, -0.15) is 9.97 Å². The normalized spacial score (nSPS) is 17.8. The lowest BCUT2D eigenvalue weighted by molar-refractivity contribution is 0.0716. The van der Waals surface area contributed by atoms with Crippen molar-refractivity contribution in [3.63, 3.8) is 0 Å². The summed E-state index contributed by atoms with van der Waals surface area (Å²) < 4.78 is 6.63. The van der Waals surface area contributed by atoms with Crippen molar-refractivity contribution in [2.24, 2.45) is 0 Å². The van der Waals surface area contributed by atoms with Gasteiger partial charge < -0.3 is 9.42 Å². The molecule has 0 N–H and O–H groups in total. The molecule has 9 nitrogen and oxygen atoms in total. The summed E-state index contributed by atoms with van der Waals surface area (Å²) in [6.45, 7) is 6.15. The van der Waals surface area contributed by atoms with E-state index in [1.807, 2.05) is 19.9 Å². The predicted molar refractivity (Wildman–Crippen MR) is 82.3 cm³/mol. The quantitative estimate of drug-likeness (QED) is 0.701. The Labute approximate surface area is 137 Å². The average molecular weight is 327 g/mol. The van der Waals surface area contributed by atoms with E-state index in [0.29, 0.717) is 24.0 Å². The molecule has 3 aromatic heterocycles. The predicted octanol–water partition coefficient (Wildman–Crippen LogP) is 1.41. The third kappa shape index (κ3) is 2.32. The van der Waals surface area contributed by atoms with Crippen molar-refractivity contribution in [3.05, 3.63) is 35.0 Å². The minimum atomic E-state index is -0.234. The number of amides is 1. The molecule has 0 unspecified atom stereocenters. The molecule has 0 aliphatic carbocycles. The largest absolute Gasteiger partial charge is 0.340 e. The van der Waals surface area contributed by atoms with Crippen LogP contribution in [0.5, 0.6) is 0 Å². The van der Waals surface area contributed by atoms with E-state index < -0.39 is 0 Å². The Balaban J connectivity index is 1.69. The average Bonchev–Trinajstić information content (AvgIpc) is 3.23. The first-order valence-electron chi connectivity index (χ1n) is 7.85. The minimum Gasteiger partial charge on any atom is -0.340 e. The Morgan fingerprint density at radius 3 is 2.83 bits per heavy atom. The van der Waals surface area contributed by atoms with Crippen LogP contribution >= 0.6 is 0 Å². The number of rotatable bonds is 2. The molecular formula is C15H17N7O2. The Kier molecular flexibility index (Phi) is 3.29. The zero-order chi connectivity index (χ0) is 16.8. The van der Waals surface area contributed by atoms with E-state index in [0.717, 1.165) is 24.2 Å². The Morgan fingerprint density at radius 1 is 1.25 bits per heavy atom. The van der Waals surface area contributed by atoms with E-state index in [2.05, 4.69) is 25.2 Å². The second-order valence-corrected chi connectivity index (χ2v) is 6.01. The van der Waals surface area contributed by atoms with Crippen molar-refractivity contribution in [1.29, 1.82) is 0 Å². The highest BCUT2D eigenvalue weighted by Crippen LogP contribution is 2.31. The van der Waals surface area contributed by atoms with Gasteiger partial charge in [-0.3, -0.25) is 4.79 Å². The molecule has 1 aliphatic rings. The van der Waals surface area contributed by atoms with Crippen LogP contribution in [0.1, 0.15) is 52.6 Å². The summed E-state index contributed by atoms with van der Waals surface area (Å²) in [5.41, 5.74) is 1.73. The number of hydrogen-bond acceptors (Lipinski definition) is 7. The number of aromatic nitrogens is 6. The second kappa shape index (κ2) is 5.36. The van der Waals surface area contributed by atoms with Crippen LogP contribution in [-0.2, 0) is 0 Å². The molecule has 24 heavy (non-hydrogen) atoms. The van der Waals surface area contributed by atoms with E-state index in [4.69, 9.17) is 4.52 Å². The fraction of sp³-hybridized carbons (Fsp3) is 0.467. The van der Waals surface area contributed by atoms with Crippen LogP contribution in [0.4, 0.5) is 0 Å². The molecule has 1 fully saturated rings. The molecule has 0 aromatic carbocycles. The molecule has 4 heterocycles. The van der Waals surface area contributed by atoms with Gasteiger partial charge in [-0.1, -0.05) is 5.16 Å². The lowest BCUT2D eigenvalue weighted by Crippen LogP contribution is -2.32. The first kappa shape index (κ1) is 14.7. The van der Waals surface area contributed by atoms with E-state index in [-0.39, 0.29) is 17.8 Å². The second-order valence-electron chi connectivity index (χ2n) is 6.01. The molecule has 1 atom stereocenters. The number of aryl methyl sites for hydroxylation is 3. The van der Waals surface area contributed by atoms with E-state index in [1.54, 1.807) is 16.3 Å². The number of hydrogen-bond donors (Lipinski definition) is 0. The first-order valence-corrected chi connectivity index (χ1v) is 7.85. The Morgan fingerprint density at radius 2 is 2.08 bits per heavy atom. The lowest BCUT2D eigenvalue weighted by Gasteiger charge is -2.20. The van der Waals surface area contributed by atoms with Crippen LogP contribution in [0.25, 0.3) is 5.78 Å². The van der Waals surface area contributed by atoms with Gasteiger partial charge in [-0.25, -0.2) is 9.50 Å². The first-order chi connectivity index (χ1) is 11.5. The highest BCUT2D eigenvalue weighted by atomic mass is 16.5. The highest BCUT2D eigenvalue weighted by molar-refractivity contribution is 5.91. The van der Waals surface area contributed by atoms with Gasteiger partial charge in [0.15, 0.2) is 5.82 Å². The maximum absolute atomic E-state index is 12.9. The van der Waals surface area contributed by atoms with Crippen molar-refractivity contribution in [2.45, 2.75) is 39.7 Å². The van der Waals surface area contributed by atoms with Crippen molar-refractivity contribution >= 4 is 11.7 Å². The monoisotopic (exact) mass is 327 g/mol. The summed E-state index contributed by atoms with van der Waals surface area (Å²) in [5, 5.41) is 8.27. The van der Waals surface area contributed by atoms with Gasteiger partial charge in [0.05, 0.1) is 6.04 Å². The lowest BCUT2D eigenvalue weighted by atomic mass is 10.2. The number of likely N-dealkylation sites (tertiary alicyclic amines) is 1. The molecule has 3 aromatic rings. The van der Waals surface area contributed by atoms with Crippen LogP contribution in [0, 0.1) is 20.8 Å².